The van der Waals surface area contributed by atoms with E-state index in [0.717, 1.165) is 11.3 Å². The van der Waals surface area contributed by atoms with Crippen LogP contribution in [0.1, 0.15) is 28.8 Å². The number of halogens is 3. The lowest BCUT2D eigenvalue weighted by molar-refractivity contribution is -0.222. The molecule has 1 heterocycles. The molecule has 0 aromatic heterocycles. The van der Waals surface area contributed by atoms with Crippen molar-refractivity contribution in [1.82, 2.24) is 4.90 Å². The first-order chi connectivity index (χ1) is 10.8. The van der Waals surface area contributed by atoms with E-state index >= 15 is 0 Å². The Bertz CT molecular complexity index is 525. The normalized spacial score (nSPS) is 18.0. The lowest BCUT2D eigenvalue weighted by Gasteiger charge is -2.34. The quantitative estimate of drug-likeness (QED) is 0.908. The highest BCUT2D eigenvalue weighted by Gasteiger charge is 2.44. The molecule has 1 aliphatic rings. The van der Waals surface area contributed by atoms with Gasteiger partial charge >= 0.3 is 6.18 Å². The van der Waals surface area contributed by atoms with E-state index in [1.54, 1.807) is 28.8 Å². The van der Waals surface area contributed by atoms with Crippen LogP contribution >= 0.6 is 11.8 Å². The molecule has 0 aliphatic carbocycles. The van der Waals surface area contributed by atoms with Crippen molar-refractivity contribution in [3.63, 3.8) is 0 Å². The molecule has 2 rings (SSSR count). The number of amides is 1. The van der Waals surface area contributed by atoms with Crippen molar-refractivity contribution >= 4 is 17.7 Å². The van der Waals surface area contributed by atoms with E-state index in [2.05, 4.69) is 0 Å². The van der Waals surface area contributed by atoms with Crippen molar-refractivity contribution in [1.29, 1.82) is 0 Å². The van der Waals surface area contributed by atoms with Gasteiger partial charge in [0.2, 0.25) is 0 Å². The monoisotopic (exact) mass is 347 g/mol. The molecule has 1 atom stereocenters. The van der Waals surface area contributed by atoms with Crippen LogP contribution in [0.5, 0.6) is 0 Å². The minimum absolute atomic E-state index is 0.164. The number of likely N-dealkylation sites (tertiary alicyclic amines) is 1. The Kier molecular flexibility index (Phi) is 5.97. The number of aliphatic hydroxyl groups excluding tert-OH is 1. The Balaban J connectivity index is 1.93. The molecule has 3 nitrogen and oxygen atoms in total. The number of hydrogen-bond acceptors (Lipinski definition) is 3. The molecular weight excluding hydrogens is 327 g/mol. The Morgan fingerprint density at radius 3 is 2.35 bits per heavy atom. The van der Waals surface area contributed by atoms with Crippen molar-refractivity contribution in [3.8, 4) is 0 Å². The van der Waals surface area contributed by atoms with Crippen LogP contribution in [0.2, 0.25) is 0 Å². The summed E-state index contributed by atoms with van der Waals surface area (Å²) in [6, 6.07) is 7.29. The standard InChI is InChI=1S/C16H20F3NO2S/c1-23-10-11-2-4-13(5-3-11)15(22)20-8-6-12(7-9-20)14(21)16(17,18)19/h2-5,12,14,21H,6-10H2,1H3. The second-order valence-electron chi connectivity index (χ2n) is 5.75. The van der Waals surface area contributed by atoms with Crippen LogP contribution in [0, 0.1) is 5.92 Å². The summed E-state index contributed by atoms with van der Waals surface area (Å²) in [5, 5.41) is 9.30. The average Bonchev–Trinajstić information content (AvgIpc) is 2.54. The molecule has 1 unspecified atom stereocenters. The Morgan fingerprint density at radius 1 is 1.30 bits per heavy atom. The molecule has 0 radical (unpaired) electrons. The van der Waals surface area contributed by atoms with Gasteiger partial charge in [0.15, 0.2) is 6.10 Å². The first-order valence-electron chi connectivity index (χ1n) is 7.45. The predicted molar refractivity (Wildman–Crippen MR) is 84.4 cm³/mol. The third-order valence-corrected chi connectivity index (χ3v) is 4.74. The van der Waals surface area contributed by atoms with Crippen LogP contribution in [0.15, 0.2) is 24.3 Å². The topological polar surface area (TPSA) is 40.5 Å². The maximum absolute atomic E-state index is 12.5. The predicted octanol–water partition coefficient (Wildman–Crippen LogP) is 3.33. The van der Waals surface area contributed by atoms with Gasteiger partial charge in [-0.2, -0.15) is 24.9 Å². The summed E-state index contributed by atoms with van der Waals surface area (Å²) in [7, 11) is 0. The van der Waals surface area contributed by atoms with E-state index in [4.69, 9.17) is 0 Å². The smallest absolute Gasteiger partial charge is 0.383 e. The van der Waals surface area contributed by atoms with Gasteiger partial charge in [0, 0.05) is 24.4 Å². The number of benzene rings is 1. The van der Waals surface area contributed by atoms with Crippen molar-refractivity contribution < 1.29 is 23.1 Å². The van der Waals surface area contributed by atoms with Crippen molar-refractivity contribution in [2.45, 2.75) is 30.9 Å². The SMILES string of the molecule is CSCc1ccc(C(=O)N2CCC(C(O)C(F)(F)F)CC2)cc1. The van der Waals surface area contributed by atoms with Crippen molar-refractivity contribution in [2.24, 2.45) is 5.92 Å². The minimum atomic E-state index is -4.59. The molecule has 128 valence electrons. The molecule has 1 aromatic carbocycles. The zero-order valence-corrected chi connectivity index (χ0v) is 13.7. The number of carbonyl (C=O) groups excluding carboxylic acids is 1. The molecule has 0 saturated carbocycles. The molecular formula is C16H20F3NO2S. The first kappa shape index (κ1) is 18.1. The average molecular weight is 347 g/mol. The van der Waals surface area contributed by atoms with Gasteiger partial charge in [-0.25, -0.2) is 0 Å². The van der Waals surface area contributed by atoms with E-state index in [-0.39, 0.29) is 31.8 Å². The lowest BCUT2D eigenvalue weighted by Crippen LogP contribution is -2.45. The van der Waals surface area contributed by atoms with Gasteiger partial charge in [0.05, 0.1) is 0 Å². The van der Waals surface area contributed by atoms with Gasteiger partial charge in [-0.05, 0) is 42.7 Å². The highest BCUT2D eigenvalue weighted by molar-refractivity contribution is 7.97. The first-order valence-corrected chi connectivity index (χ1v) is 8.84. The van der Waals surface area contributed by atoms with Crippen LogP contribution in [0.25, 0.3) is 0 Å². The van der Waals surface area contributed by atoms with E-state index < -0.39 is 18.2 Å². The van der Waals surface area contributed by atoms with Crippen LogP contribution in [0.4, 0.5) is 13.2 Å². The van der Waals surface area contributed by atoms with Gasteiger partial charge in [-0.15, -0.1) is 0 Å². The fraction of sp³-hybridized carbons (Fsp3) is 0.562. The second kappa shape index (κ2) is 7.57. The third kappa shape index (κ3) is 4.64. The number of thioether (sulfide) groups is 1. The number of hydrogen-bond donors (Lipinski definition) is 1. The van der Waals surface area contributed by atoms with Gasteiger partial charge in [0.25, 0.3) is 5.91 Å². The summed E-state index contributed by atoms with van der Waals surface area (Å²) >= 11 is 1.69. The Labute approximate surface area is 137 Å². The Morgan fingerprint density at radius 2 is 1.87 bits per heavy atom. The number of alkyl halides is 3. The largest absolute Gasteiger partial charge is 0.414 e. The minimum Gasteiger partial charge on any atom is -0.383 e. The van der Waals surface area contributed by atoms with E-state index in [0.29, 0.717) is 5.56 Å². The Hall–Kier alpha value is -1.21. The van der Waals surface area contributed by atoms with Crippen LogP contribution in [-0.4, -0.2) is 47.5 Å². The molecule has 0 spiro atoms. The number of rotatable bonds is 4. The molecule has 7 heteroatoms. The van der Waals surface area contributed by atoms with E-state index in [9.17, 15) is 23.1 Å². The van der Waals surface area contributed by atoms with Crippen molar-refractivity contribution in [2.75, 3.05) is 19.3 Å². The zero-order chi connectivity index (χ0) is 17.0. The number of nitrogens with zero attached hydrogens (tertiary/aromatic N) is 1. The maximum atomic E-state index is 12.5. The summed E-state index contributed by atoms with van der Waals surface area (Å²) < 4.78 is 37.6. The summed E-state index contributed by atoms with van der Waals surface area (Å²) in [6.07, 6.45) is -4.57. The fourth-order valence-electron chi connectivity index (χ4n) is 2.78. The molecule has 1 amide bonds. The summed E-state index contributed by atoms with van der Waals surface area (Å²) in [4.78, 5) is 13.9. The summed E-state index contributed by atoms with van der Waals surface area (Å²) in [5.41, 5.74) is 1.67. The highest BCUT2D eigenvalue weighted by atomic mass is 32.2. The van der Waals surface area contributed by atoms with Gasteiger partial charge in [-0.1, -0.05) is 12.1 Å². The highest BCUT2D eigenvalue weighted by Crippen LogP contribution is 2.31. The van der Waals surface area contributed by atoms with Crippen LogP contribution < -0.4 is 0 Å². The molecule has 1 saturated heterocycles. The second-order valence-corrected chi connectivity index (χ2v) is 6.61. The number of aliphatic hydroxyl groups is 1. The van der Waals surface area contributed by atoms with Gasteiger partial charge < -0.3 is 10.0 Å². The number of piperidine rings is 1. The van der Waals surface area contributed by atoms with Gasteiger partial charge in [0.1, 0.15) is 0 Å². The van der Waals surface area contributed by atoms with Crippen LogP contribution in [-0.2, 0) is 5.75 Å². The summed E-state index contributed by atoms with van der Waals surface area (Å²) in [6.45, 7) is 0.479. The molecule has 1 N–H and O–H groups in total. The third-order valence-electron chi connectivity index (χ3n) is 4.12. The summed E-state index contributed by atoms with van der Waals surface area (Å²) in [5.74, 6) is -0.126. The molecule has 1 aromatic rings. The molecule has 1 aliphatic heterocycles. The van der Waals surface area contributed by atoms with Gasteiger partial charge in [-0.3, -0.25) is 4.79 Å². The van der Waals surface area contributed by atoms with E-state index in [1.165, 1.54) is 0 Å². The molecule has 1 fully saturated rings. The van der Waals surface area contributed by atoms with E-state index in [1.807, 2.05) is 18.4 Å². The lowest BCUT2D eigenvalue weighted by atomic mass is 9.90. The zero-order valence-electron chi connectivity index (χ0n) is 12.8. The molecule has 0 bridgehead atoms. The maximum Gasteiger partial charge on any atom is 0.414 e. The van der Waals surface area contributed by atoms with Crippen LogP contribution in [0.3, 0.4) is 0 Å². The van der Waals surface area contributed by atoms with Crippen molar-refractivity contribution in [3.05, 3.63) is 35.4 Å². The molecule has 23 heavy (non-hydrogen) atoms. The fourth-order valence-corrected chi connectivity index (χ4v) is 3.30. The number of carbonyl (C=O) groups is 1.